The van der Waals surface area contributed by atoms with Crippen molar-refractivity contribution in [3.05, 3.63) is 11.1 Å². The zero-order valence-electron chi connectivity index (χ0n) is 10.3. The average molecular weight is 239 g/mol. The molecule has 2 rings (SSSR count). The quantitative estimate of drug-likeness (QED) is 0.608. The third-order valence-corrected chi connectivity index (χ3v) is 8.46. The van der Waals surface area contributed by atoms with Crippen molar-refractivity contribution in [2.75, 3.05) is 0 Å². The third-order valence-electron chi connectivity index (χ3n) is 5.40. The van der Waals surface area contributed by atoms with Crippen LogP contribution in [0.3, 0.4) is 0 Å². The maximum atomic E-state index is 12.4. The van der Waals surface area contributed by atoms with Gasteiger partial charge in [0.2, 0.25) is 0 Å². The van der Waals surface area contributed by atoms with Crippen LogP contribution >= 0.6 is 0 Å². The van der Waals surface area contributed by atoms with E-state index in [9.17, 15) is 13.7 Å². The number of nitriles is 1. The fraction of sp³-hybridized carbons (Fsp3) is 0.750. The van der Waals surface area contributed by atoms with Crippen molar-refractivity contribution < 1.29 is 8.42 Å². The molecular weight excluding hydrogens is 222 g/mol. The molecule has 3 nitrogen and oxygen atoms in total. The van der Waals surface area contributed by atoms with Gasteiger partial charge in [-0.25, -0.2) is 8.42 Å². The number of fused-ring (bicyclic) bond motifs is 2. The molecular formula is C12H17NO2S. The van der Waals surface area contributed by atoms with Gasteiger partial charge in [-0.15, -0.1) is 0 Å². The zero-order chi connectivity index (χ0) is 12.5. The van der Waals surface area contributed by atoms with Crippen LogP contribution in [0, 0.1) is 22.7 Å². The summed E-state index contributed by atoms with van der Waals surface area (Å²) in [7, 11) is -3.39. The van der Waals surface area contributed by atoms with Gasteiger partial charge in [0.1, 0.15) is 0 Å². The number of rotatable bonds is 0. The molecule has 1 aliphatic carbocycles. The van der Waals surface area contributed by atoms with E-state index >= 15 is 0 Å². The minimum Gasteiger partial charge on any atom is -0.227 e. The van der Waals surface area contributed by atoms with Gasteiger partial charge in [-0.3, -0.25) is 0 Å². The Morgan fingerprint density at radius 2 is 1.75 bits per heavy atom. The van der Waals surface area contributed by atoms with E-state index in [1.54, 1.807) is 6.92 Å². The Bertz CT molecular complexity index is 540. The third kappa shape index (κ3) is 0.777. The molecule has 1 aliphatic heterocycles. The molecule has 2 aliphatic rings. The molecule has 0 amide bonds. The highest BCUT2D eigenvalue weighted by Gasteiger charge is 2.72. The van der Waals surface area contributed by atoms with Crippen LogP contribution in [-0.4, -0.2) is 18.4 Å². The highest BCUT2D eigenvalue weighted by Crippen LogP contribution is 2.65. The molecule has 16 heavy (non-hydrogen) atoms. The van der Waals surface area contributed by atoms with Gasteiger partial charge in [0.25, 0.3) is 0 Å². The predicted octanol–water partition coefficient (Wildman–Crippen LogP) is 2.06. The second-order valence-electron chi connectivity index (χ2n) is 5.42. The second-order valence-corrected chi connectivity index (χ2v) is 7.83. The molecule has 0 saturated carbocycles. The summed E-state index contributed by atoms with van der Waals surface area (Å²) < 4.78 is 24.0. The molecule has 0 aromatic carbocycles. The van der Waals surface area contributed by atoms with Crippen LogP contribution < -0.4 is 0 Å². The van der Waals surface area contributed by atoms with Crippen LogP contribution in [0.25, 0.3) is 0 Å². The molecule has 4 heteroatoms. The molecule has 0 spiro atoms. The van der Waals surface area contributed by atoms with Gasteiger partial charge >= 0.3 is 0 Å². The Kier molecular flexibility index (Phi) is 1.97. The van der Waals surface area contributed by atoms with Crippen LogP contribution in [0.15, 0.2) is 11.1 Å². The Morgan fingerprint density at radius 1 is 1.25 bits per heavy atom. The van der Waals surface area contributed by atoms with Crippen molar-refractivity contribution >= 4 is 9.84 Å². The highest BCUT2D eigenvalue weighted by molar-refractivity contribution is 7.94. The lowest BCUT2D eigenvalue weighted by molar-refractivity contribution is 0.294. The fourth-order valence-corrected chi connectivity index (χ4v) is 6.62. The second kappa shape index (κ2) is 2.70. The maximum absolute atomic E-state index is 12.4. The van der Waals surface area contributed by atoms with Crippen LogP contribution in [0.2, 0.25) is 0 Å². The summed E-state index contributed by atoms with van der Waals surface area (Å²) >= 11 is 0. The lowest BCUT2D eigenvalue weighted by Crippen LogP contribution is -2.40. The lowest BCUT2D eigenvalue weighted by atomic mass is 9.72. The molecule has 2 bridgehead atoms. The number of allylic oxidation sites excluding steroid dienone is 1. The number of hydrogen-bond donors (Lipinski definition) is 0. The molecule has 1 fully saturated rings. The van der Waals surface area contributed by atoms with Crippen LogP contribution in [0.1, 0.15) is 34.6 Å². The highest BCUT2D eigenvalue weighted by atomic mass is 32.2. The molecule has 0 aromatic heterocycles. The van der Waals surface area contributed by atoms with Crippen LogP contribution in [-0.2, 0) is 9.84 Å². The summed E-state index contributed by atoms with van der Waals surface area (Å²) in [5, 5.41) is 8.29. The van der Waals surface area contributed by atoms with Gasteiger partial charge in [-0.1, -0.05) is 25.0 Å². The van der Waals surface area contributed by atoms with E-state index in [0.29, 0.717) is 0 Å². The first kappa shape index (κ1) is 11.7. The van der Waals surface area contributed by atoms with Crippen molar-refractivity contribution in [2.45, 2.75) is 44.6 Å². The van der Waals surface area contributed by atoms with Crippen molar-refractivity contribution in [1.82, 2.24) is 0 Å². The smallest absolute Gasteiger partial charge is 0.176 e. The fourth-order valence-electron chi connectivity index (χ4n) is 3.65. The number of nitrogens with zero attached hydrogens (tertiary/aromatic N) is 1. The van der Waals surface area contributed by atoms with E-state index in [2.05, 4.69) is 0 Å². The van der Waals surface area contributed by atoms with Crippen molar-refractivity contribution in [3.8, 4) is 6.07 Å². The van der Waals surface area contributed by atoms with E-state index in [-0.39, 0.29) is 5.92 Å². The molecule has 1 saturated heterocycles. The Hall–Kier alpha value is -0.820. The Morgan fingerprint density at radius 3 is 2.12 bits per heavy atom. The monoisotopic (exact) mass is 239 g/mol. The van der Waals surface area contributed by atoms with Gasteiger partial charge in [0.15, 0.2) is 15.1 Å². The Balaban J connectivity index is 2.90. The van der Waals surface area contributed by atoms with Crippen LogP contribution in [0.4, 0.5) is 0 Å². The Labute approximate surface area is 97.1 Å². The van der Waals surface area contributed by atoms with Gasteiger partial charge < -0.3 is 0 Å². The molecule has 1 heterocycles. The molecule has 4 atom stereocenters. The lowest BCUT2D eigenvalue weighted by Gasteiger charge is -2.30. The van der Waals surface area contributed by atoms with Crippen molar-refractivity contribution in [3.63, 3.8) is 0 Å². The molecule has 0 N–H and O–H groups in total. The molecule has 0 radical (unpaired) electrons. The summed E-state index contributed by atoms with van der Waals surface area (Å²) in [5.41, 5.74) is 1.52. The molecule has 0 aromatic rings. The first-order valence-electron chi connectivity index (χ1n) is 5.48. The van der Waals surface area contributed by atoms with Gasteiger partial charge in [-0.05, 0) is 26.7 Å². The van der Waals surface area contributed by atoms with E-state index in [1.165, 1.54) is 0 Å². The van der Waals surface area contributed by atoms with E-state index < -0.39 is 25.2 Å². The largest absolute Gasteiger partial charge is 0.227 e. The summed E-state index contributed by atoms with van der Waals surface area (Å²) in [6, 6.07) is 2.01. The summed E-state index contributed by atoms with van der Waals surface area (Å²) in [4.78, 5) is 0. The van der Waals surface area contributed by atoms with E-state index in [1.807, 2.05) is 33.8 Å². The first-order valence-corrected chi connectivity index (χ1v) is 7.03. The van der Waals surface area contributed by atoms with Gasteiger partial charge in [0, 0.05) is 5.41 Å². The predicted molar refractivity (Wildman–Crippen MR) is 62.4 cm³/mol. The number of hydrogen-bond acceptors (Lipinski definition) is 3. The molecule has 88 valence electrons. The topological polar surface area (TPSA) is 57.9 Å². The summed E-state index contributed by atoms with van der Waals surface area (Å²) in [5.74, 6) is -0.0188. The summed E-state index contributed by atoms with van der Waals surface area (Å²) in [6.45, 7) is 9.50. The minimum absolute atomic E-state index is 0.0188. The average Bonchev–Trinajstić information content (AvgIpc) is 2.41. The minimum atomic E-state index is -3.39. The first-order chi connectivity index (χ1) is 7.16. The van der Waals surface area contributed by atoms with Crippen molar-refractivity contribution in [2.24, 2.45) is 11.3 Å². The van der Waals surface area contributed by atoms with E-state index in [4.69, 9.17) is 0 Å². The molecule has 1 unspecified atom stereocenters. The standard InChI is InChI=1S/C12H17NO2S/c1-7-8(2)12(5)9(3)11(7,4)10(6-13)16(12,14)15/h9-10H,1-5H3/t9?,10-,11-,12+/m1/s1. The van der Waals surface area contributed by atoms with Crippen molar-refractivity contribution in [1.29, 1.82) is 5.26 Å². The van der Waals surface area contributed by atoms with Gasteiger partial charge in [0.05, 0.1) is 10.8 Å². The number of sulfone groups is 1. The maximum Gasteiger partial charge on any atom is 0.176 e. The van der Waals surface area contributed by atoms with E-state index in [0.717, 1.165) is 11.1 Å². The SMILES string of the molecule is CC1=C(C)[C@]2(C)C(C)[C@@]1(C)S(=O)(=O)[C@@H]2C#N. The van der Waals surface area contributed by atoms with Gasteiger partial charge in [-0.2, -0.15) is 5.26 Å². The summed E-state index contributed by atoms with van der Waals surface area (Å²) in [6.07, 6.45) is 0. The normalized spacial score (nSPS) is 49.5. The van der Waals surface area contributed by atoms with Crippen LogP contribution in [0.5, 0.6) is 0 Å². The zero-order valence-corrected chi connectivity index (χ0v) is 11.1.